The number of halogens is 2. The van der Waals surface area contributed by atoms with Crippen molar-refractivity contribution in [3.8, 4) is 0 Å². The summed E-state index contributed by atoms with van der Waals surface area (Å²) in [7, 11) is 0.240. The minimum atomic E-state index is -3.68. The van der Waals surface area contributed by atoms with Gasteiger partial charge in [0.05, 0.1) is 26.9 Å². The summed E-state index contributed by atoms with van der Waals surface area (Å²) in [4.78, 5) is 19.8. The highest BCUT2D eigenvalue weighted by molar-refractivity contribution is 7.89. The summed E-state index contributed by atoms with van der Waals surface area (Å²) in [5.74, 6) is -0.323. The van der Waals surface area contributed by atoms with Crippen molar-refractivity contribution in [3.63, 3.8) is 0 Å². The average molecular weight is 611 g/mol. The van der Waals surface area contributed by atoms with Crippen molar-refractivity contribution in [1.82, 2.24) is 9.21 Å². The van der Waals surface area contributed by atoms with Crippen molar-refractivity contribution >= 4 is 38.9 Å². The highest BCUT2D eigenvalue weighted by Crippen LogP contribution is 2.42. The van der Waals surface area contributed by atoms with Crippen molar-refractivity contribution < 1.29 is 17.6 Å². The van der Waals surface area contributed by atoms with Gasteiger partial charge in [0.25, 0.3) is 5.91 Å². The second kappa shape index (κ2) is 11.5. The molecule has 3 aliphatic rings. The maximum absolute atomic E-state index is 13.9. The Labute approximate surface area is 252 Å². The van der Waals surface area contributed by atoms with Gasteiger partial charge in [0.15, 0.2) is 0 Å². The van der Waals surface area contributed by atoms with Gasteiger partial charge in [-0.1, -0.05) is 41.9 Å². The van der Waals surface area contributed by atoms with Crippen LogP contribution in [0.5, 0.6) is 0 Å². The van der Waals surface area contributed by atoms with Crippen molar-refractivity contribution in [2.24, 2.45) is 0 Å². The minimum Gasteiger partial charge on any atom is -0.376 e. The van der Waals surface area contributed by atoms with Crippen LogP contribution in [0.2, 0.25) is 5.02 Å². The van der Waals surface area contributed by atoms with Gasteiger partial charge >= 0.3 is 0 Å². The summed E-state index contributed by atoms with van der Waals surface area (Å²) in [5.41, 5.74) is 3.38. The molecule has 0 spiro atoms. The first-order valence-electron chi connectivity index (χ1n) is 14.5. The van der Waals surface area contributed by atoms with E-state index in [2.05, 4.69) is 17.0 Å². The average Bonchev–Trinajstić information content (AvgIpc) is 3.25. The number of benzene rings is 3. The topological polar surface area (TPSA) is 64.2 Å². The monoisotopic (exact) mass is 610 g/mol. The van der Waals surface area contributed by atoms with Crippen molar-refractivity contribution in [2.45, 2.75) is 48.6 Å². The largest absolute Gasteiger partial charge is 0.376 e. The molecule has 6 rings (SSSR count). The number of likely N-dealkylation sites (tertiary alicyclic amines) is 1. The zero-order chi connectivity index (χ0) is 29.6. The third-order valence-corrected chi connectivity index (χ3v) is 11.2. The normalized spacial score (nSPS) is 21.5. The number of fused-ring (bicyclic) bond motifs is 2. The molecule has 10 heteroatoms. The van der Waals surface area contributed by atoms with Gasteiger partial charge in [-0.2, -0.15) is 4.31 Å². The molecule has 0 aliphatic carbocycles. The highest BCUT2D eigenvalue weighted by atomic mass is 35.5. The van der Waals surface area contributed by atoms with Crippen molar-refractivity contribution in [2.75, 3.05) is 50.1 Å². The van der Waals surface area contributed by atoms with E-state index in [0.717, 1.165) is 37.1 Å². The van der Waals surface area contributed by atoms with E-state index in [0.29, 0.717) is 42.6 Å². The Balaban J connectivity index is 1.24. The van der Waals surface area contributed by atoms with Gasteiger partial charge in [0.1, 0.15) is 5.82 Å². The molecular weight excluding hydrogens is 575 g/mol. The molecule has 0 aromatic heterocycles. The molecule has 3 fully saturated rings. The Morgan fingerprint density at radius 2 is 1.57 bits per heavy atom. The number of piperidine rings is 1. The standard InChI is InChI=1S/C32H36ClFN4O3S/c1-35(2)30-13-11-27(42(40,41)37-16-14-23(15-17-37)22-6-4-3-5-7-22)19-31(30)38-25-9-10-26(38)21-36(20-25)32(39)28-12-8-24(34)18-29(28)33/h3-8,11-13,18-19,23,25-26H,9-10,14-17,20-21H2,1-2H3/t25-,26+. The van der Waals surface area contributed by atoms with E-state index >= 15 is 0 Å². The lowest BCUT2D eigenvalue weighted by Crippen LogP contribution is -2.55. The van der Waals surface area contributed by atoms with Gasteiger partial charge in [-0.25, -0.2) is 12.8 Å². The van der Waals surface area contributed by atoms with Crippen LogP contribution in [0.15, 0.2) is 71.6 Å². The highest BCUT2D eigenvalue weighted by Gasteiger charge is 2.43. The van der Waals surface area contributed by atoms with E-state index < -0.39 is 15.8 Å². The van der Waals surface area contributed by atoms with Crippen LogP contribution in [0.1, 0.15) is 47.5 Å². The van der Waals surface area contributed by atoms with Crippen LogP contribution in [0.4, 0.5) is 15.8 Å². The number of hydrogen-bond donors (Lipinski definition) is 0. The van der Waals surface area contributed by atoms with Crippen LogP contribution >= 0.6 is 11.6 Å². The summed E-state index contributed by atoms with van der Waals surface area (Å²) >= 11 is 6.21. The van der Waals surface area contributed by atoms with Crippen molar-refractivity contribution in [1.29, 1.82) is 0 Å². The smallest absolute Gasteiger partial charge is 0.255 e. The lowest BCUT2D eigenvalue weighted by atomic mass is 9.90. The Bertz CT molecular complexity index is 1560. The zero-order valence-electron chi connectivity index (χ0n) is 23.9. The fourth-order valence-corrected chi connectivity index (χ4v) is 8.59. The third-order valence-electron chi connectivity index (χ3n) is 9.00. The second-order valence-corrected chi connectivity index (χ2v) is 14.1. The first-order valence-corrected chi connectivity index (χ1v) is 16.3. The number of nitrogens with zero attached hydrogens (tertiary/aromatic N) is 4. The number of rotatable bonds is 6. The molecule has 0 saturated carbocycles. The maximum Gasteiger partial charge on any atom is 0.255 e. The van der Waals surface area contributed by atoms with Crippen LogP contribution in [0.3, 0.4) is 0 Å². The molecule has 1 amide bonds. The number of carbonyl (C=O) groups excluding carboxylic acids is 1. The number of amides is 1. The Morgan fingerprint density at radius 1 is 0.905 bits per heavy atom. The van der Waals surface area contributed by atoms with Gasteiger partial charge in [-0.15, -0.1) is 0 Å². The van der Waals surface area contributed by atoms with Gasteiger partial charge in [-0.3, -0.25) is 4.79 Å². The van der Waals surface area contributed by atoms with Gasteiger partial charge < -0.3 is 14.7 Å². The van der Waals surface area contributed by atoms with Crippen LogP contribution < -0.4 is 9.80 Å². The molecule has 2 atom stereocenters. The molecule has 0 radical (unpaired) electrons. The predicted octanol–water partition coefficient (Wildman–Crippen LogP) is 5.61. The fourth-order valence-electron chi connectivity index (χ4n) is 6.85. The van der Waals surface area contributed by atoms with Crippen LogP contribution in [0.25, 0.3) is 0 Å². The Hall–Kier alpha value is -3.14. The molecule has 0 unspecified atom stereocenters. The van der Waals surface area contributed by atoms with E-state index in [9.17, 15) is 17.6 Å². The van der Waals surface area contributed by atoms with Crippen LogP contribution in [0, 0.1) is 5.82 Å². The van der Waals surface area contributed by atoms with Gasteiger partial charge in [0, 0.05) is 52.4 Å². The summed E-state index contributed by atoms with van der Waals surface area (Å²) in [6.07, 6.45) is 3.37. The molecular formula is C32H36ClFN4O3S. The number of anilines is 2. The van der Waals surface area contributed by atoms with Gasteiger partial charge in [-0.05, 0) is 73.6 Å². The molecule has 222 valence electrons. The van der Waals surface area contributed by atoms with E-state index in [1.165, 1.54) is 23.8 Å². The molecule has 3 aromatic rings. The summed E-state index contributed by atoms with van der Waals surface area (Å²) in [6, 6.07) is 19.7. The van der Waals surface area contributed by atoms with Crippen LogP contribution in [-0.4, -0.2) is 75.9 Å². The molecule has 3 aliphatic heterocycles. The summed E-state index contributed by atoms with van der Waals surface area (Å²) < 4.78 is 43.0. The third kappa shape index (κ3) is 5.38. The lowest BCUT2D eigenvalue weighted by Gasteiger charge is -2.44. The summed E-state index contributed by atoms with van der Waals surface area (Å²) in [5, 5.41) is 0.107. The second-order valence-electron chi connectivity index (χ2n) is 11.8. The summed E-state index contributed by atoms with van der Waals surface area (Å²) in [6.45, 7) is 1.95. The van der Waals surface area contributed by atoms with E-state index in [4.69, 9.17) is 11.6 Å². The first-order chi connectivity index (χ1) is 20.1. The predicted molar refractivity (Wildman–Crippen MR) is 165 cm³/mol. The molecule has 3 heterocycles. The molecule has 7 nitrogen and oxygen atoms in total. The number of hydrogen-bond acceptors (Lipinski definition) is 5. The number of carbonyl (C=O) groups is 1. The minimum absolute atomic E-state index is 0.0326. The van der Waals surface area contributed by atoms with Crippen molar-refractivity contribution in [3.05, 3.63) is 88.7 Å². The van der Waals surface area contributed by atoms with Crippen LogP contribution in [-0.2, 0) is 10.0 Å². The number of piperazine rings is 1. The molecule has 3 aromatic carbocycles. The molecule has 3 saturated heterocycles. The Morgan fingerprint density at radius 3 is 2.19 bits per heavy atom. The van der Waals surface area contributed by atoms with Gasteiger partial charge in [0.2, 0.25) is 10.0 Å². The maximum atomic E-state index is 13.9. The molecule has 42 heavy (non-hydrogen) atoms. The Kier molecular flexibility index (Phi) is 7.93. The quantitative estimate of drug-likeness (QED) is 0.363. The molecule has 2 bridgehead atoms. The molecule has 0 N–H and O–H groups in total. The first kappa shape index (κ1) is 29.0. The van der Waals surface area contributed by atoms with E-state index in [1.807, 2.05) is 49.3 Å². The SMILES string of the molecule is CN(C)c1ccc(S(=O)(=O)N2CCC(c3ccccc3)CC2)cc1N1[C@@H]2CC[C@H]1CN(C(=O)c1ccc(F)cc1Cl)C2. The van der Waals surface area contributed by atoms with E-state index in [1.54, 1.807) is 15.3 Å². The number of sulfonamides is 1. The van der Waals surface area contributed by atoms with E-state index in [-0.39, 0.29) is 23.0 Å². The zero-order valence-corrected chi connectivity index (χ0v) is 25.5. The lowest BCUT2D eigenvalue weighted by molar-refractivity contribution is 0.0718. The fraction of sp³-hybridized carbons (Fsp3) is 0.406.